The first-order valence-electron chi connectivity index (χ1n) is 16.8. The average Bonchev–Trinajstić information content (AvgIpc) is 3.59. The van der Waals surface area contributed by atoms with E-state index in [1.807, 2.05) is 36.1 Å². The summed E-state index contributed by atoms with van der Waals surface area (Å²) in [5.41, 5.74) is 1.82. The van der Waals surface area contributed by atoms with E-state index in [0.29, 0.717) is 25.9 Å². The molecule has 1 spiro atoms. The first-order valence-corrected chi connectivity index (χ1v) is 17.6. The Morgan fingerprint density at radius 3 is 2.20 bits per heavy atom. The van der Waals surface area contributed by atoms with Gasteiger partial charge in [-0.2, -0.15) is 0 Å². The number of aliphatic hydroxyl groups is 1. The zero-order valence-corrected chi connectivity index (χ0v) is 29.0. The number of thioether (sulfide) groups is 1. The summed E-state index contributed by atoms with van der Waals surface area (Å²) < 4.78 is -1.23. The molecule has 0 saturated carbocycles. The molecular weight excluding hydrogens is 584 g/mol. The lowest BCUT2D eigenvalue weighted by atomic mass is 9.66. The van der Waals surface area contributed by atoms with Crippen molar-refractivity contribution in [2.75, 3.05) is 49.1 Å². The van der Waals surface area contributed by atoms with Gasteiger partial charge in [0.05, 0.1) is 29.2 Å². The van der Waals surface area contributed by atoms with Crippen LogP contribution < -0.4 is 9.80 Å². The van der Waals surface area contributed by atoms with Crippen LogP contribution in [0.2, 0.25) is 0 Å². The number of carbonyl (C=O) groups excluding carboxylic acids is 3. The minimum absolute atomic E-state index is 0.0286. The lowest BCUT2D eigenvalue weighted by Gasteiger charge is -2.40. The molecule has 3 aliphatic rings. The number of aliphatic hydroxyl groups excluding tert-OH is 1. The second kappa shape index (κ2) is 14.3. The smallest absolute Gasteiger partial charge is 0.251 e. The van der Waals surface area contributed by atoms with Crippen molar-refractivity contribution in [1.82, 2.24) is 9.80 Å². The maximum absolute atomic E-state index is 15.0. The van der Waals surface area contributed by atoms with Crippen LogP contribution >= 0.6 is 11.8 Å². The van der Waals surface area contributed by atoms with Gasteiger partial charge in [0.1, 0.15) is 6.04 Å². The summed E-state index contributed by atoms with van der Waals surface area (Å²) in [7, 11) is 0. The molecule has 45 heavy (non-hydrogen) atoms. The molecule has 0 radical (unpaired) electrons. The van der Waals surface area contributed by atoms with Crippen molar-refractivity contribution in [3.8, 4) is 0 Å². The fourth-order valence-electron chi connectivity index (χ4n) is 8.18. The predicted octanol–water partition coefficient (Wildman–Crippen LogP) is 5.36. The van der Waals surface area contributed by atoms with E-state index in [2.05, 4.69) is 52.7 Å². The normalized spacial score (nSPS) is 27.4. The van der Waals surface area contributed by atoms with E-state index in [1.54, 1.807) is 33.7 Å². The van der Waals surface area contributed by atoms with Crippen LogP contribution in [-0.4, -0.2) is 93.5 Å². The van der Waals surface area contributed by atoms with E-state index < -0.39 is 33.4 Å². The average molecular weight is 639 g/mol. The molecule has 248 valence electrons. The van der Waals surface area contributed by atoms with E-state index in [9.17, 15) is 14.7 Å². The number of likely N-dealkylation sites (tertiary alicyclic amines) is 1. The number of carbonyl (C=O) groups is 3. The molecule has 1 aromatic rings. The van der Waals surface area contributed by atoms with Crippen LogP contribution in [0.25, 0.3) is 0 Å². The first kappa shape index (κ1) is 35.1. The van der Waals surface area contributed by atoms with E-state index >= 15 is 4.79 Å². The minimum Gasteiger partial charge on any atom is -0.394 e. The van der Waals surface area contributed by atoms with Gasteiger partial charge in [0, 0.05) is 48.8 Å². The molecule has 3 fully saturated rings. The summed E-state index contributed by atoms with van der Waals surface area (Å²) in [4.78, 5) is 51.7. The van der Waals surface area contributed by atoms with E-state index in [-0.39, 0.29) is 36.8 Å². The van der Waals surface area contributed by atoms with Crippen LogP contribution in [0.5, 0.6) is 0 Å². The topological polar surface area (TPSA) is 84.4 Å². The van der Waals surface area contributed by atoms with Gasteiger partial charge >= 0.3 is 0 Å². The van der Waals surface area contributed by atoms with Gasteiger partial charge in [-0.15, -0.1) is 24.9 Å². The fourth-order valence-corrected chi connectivity index (χ4v) is 10.5. The highest BCUT2D eigenvalue weighted by Crippen LogP contribution is 2.72. The highest BCUT2D eigenvalue weighted by Gasteiger charge is 2.78. The molecular formula is C36H54N4O4S. The molecule has 8 nitrogen and oxygen atoms in total. The molecule has 3 aliphatic heterocycles. The highest BCUT2D eigenvalue weighted by molar-refractivity contribution is 8.02. The van der Waals surface area contributed by atoms with Crippen LogP contribution in [0.15, 0.2) is 49.6 Å². The van der Waals surface area contributed by atoms with E-state index in [0.717, 1.165) is 37.3 Å². The van der Waals surface area contributed by atoms with Crippen LogP contribution in [-0.2, 0) is 14.4 Å². The van der Waals surface area contributed by atoms with Crippen molar-refractivity contribution in [2.45, 2.75) is 88.8 Å². The van der Waals surface area contributed by atoms with Gasteiger partial charge in [-0.05, 0) is 76.6 Å². The summed E-state index contributed by atoms with van der Waals surface area (Å²) in [5.74, 6) is -1.36. The van der Waals surface area contributed by atoms with Crippen LogP contribution in [0.1, 0.15) is 67.2 Å². The monoisotopic (exact) mass is 638 g/mol. The quantitative estimate of drug-likeness (QED) is 0.246. The number of hydrogen-bond donors (Lipinski definition) is 1. The van der Waals surface area contributed by atoms with Crippen LogP contribution in [0, 0.1) is 17.8 Å². The molecule has 9 heteroatoms. The summed E-state index contributed by atoms with van der Waals surface area (Å²) >= 11 is 1.68. The van der Waals surface area contributed by atoms with Gasteiger partial charge in [0.2, 0.25) is 11.8 Å². The van der Waals surface area contributed by atoms with Gasteiger partial charge in [-0.3, -0.25) is 14.4 Å². The number of anilines is 2. The largest absolute Gasteiger partial charge is 0.394 e. The molecule has 1 N–H and O–H groups in total. The third-order valence-corrected chi connectivity index (χ3v) is 12.1. The Morgan fingerprint density at radius 1 is 1.04 bits per heavy atom. The molecule has 2 unspecified atom stereocenters. The van der Waals surface area contributed by atoms with Crippen molar-refractivity contribution in [1.29, 1.82) is 0 Å². The van der Waals surface area contributed by atoms with Gasteiger partial charge in [0.15, 0.2) is 0 Å². The number of fused-ring (bicyclic) bond motifs is 1. The second-order valence-corrected chi connectivity index (χ2v) is 15.3. The first-order chi connectivity index (χ1) is 21.5. The number of nitrogens with zero attached hydrogens (tertiary/aromatic N) is 4. The Kier molecular flexibility index (Phi) is 11.2. The molecule has 6 atom stereocenters. The Hall–Kier alpha value is -2.78. The van der Waals surface area contributed by atoms with Crippen LogP contribution in [0.3, 0.4) is 0 Å². The molecule has 4 rings (SSSR count). The SMILES string of the molecule is C=CCN(CCC)C(=O)[C@@H]1[C@H]2C(=O)N([C@@H](CO)CC(C)C)C(C(=O)N(CC=C)c3ccc(N(CC)CC)cc3)C23CC[C@@]1(C)S3. The number of amides is 3. The second-order valence-electron chi connectivity index (χ2n) is 13.4. The van der Waals surface area contributed by atoms with Crippen molar-refractivity contribution in [2.24, 2.45) is 17.8 Å². The zero-order valence-electron chi connectivity index (χ0n) is 28.2. The molecule has 1 aromatic carbocycles. The molecule has 0 aromatic heterocycles. The fraction of sp³-hybridized carbons (Fsp3) is 0.639. The number of benzene rings is 1. The third kappa shape index (κ3) is 6.19. The standard InChI is InChI=1S/C36H54N4O4S/c1-9-20-38(21-10-2)32(42)29-30-33(43)40(28(24-41)23-25(6)7)31(36(30)19-18-35(29,8)45-36)34(44)39(22-11-3)27-16-14-26(15-17-27)37(12-4)13-5/h9,11,14-17,25,28-31,41H,1,3,10,12-13,18-24H2,2,4-8H3/t28-,29+,30+,31?,35-,36?/m1/s1. The van der Waals surface area contributed by atoms with Crippen molar-refractivity contribution in [3.63, 3.8) is 0 Å². The number of rotatable bonds is 16. The van der Waals surface area contributed by atoms with Gasteiger partial charge in [-0.25, -0.2) is 0 Å². The molecule has 0 aliphatic carbocycles. The third-order valence-electron chi connectivity index (χ3n) is 10.1. The lowest BCUT2D eigenvalue weighted by molar-refractivity contribution is -0.146. The Morgan fingerprint density at radius 2 is 1.67 bits per heavy atom. The van der Waals surface area contributed by atoms with E-state index in [4.69, 9.17) is 0 Å². The molecule has 3 amide bonds. The van der Waals surface area contributed by atoms with Gasteiger partial charge in [0.25, 0.3) is 5.91 Å². The minimum atomic E-state index is -0.808. The molecule has 2 bridgehead atoms. The van der Waals surface area contributed by atoms with Crippen molar-refractivity contribution in [3.05, 3.63) is 49.6 Å². The maximum Gasteiger partial charge on any atom is 0.251 e. The lowest BCUT2D eigenvalue weighted by Crippen LogP contribution is -2.58. The van der Waals surface area contributed by atoms with Crippen LogP contribution in [0.4, 0.5) is 11.4 Å². The summed E-state index contributed by atoms with van der Waals surface area (Å²) in [6.45, 7) is 23.2. The summed E-state index contributed by atoms with van der Waals surface area (Å²) in [6, 6.07) is 6.67. The molecule has 3 saturated heterocycles. The van der Waals surface area contributed by atoms with Crippen molar-refractivity contribution < 1.29 is 19.5 Å². The summed E-state index contributed by atoms with van der Waals surface area (Å²) in [5, 5.41) is 10.7. The summed E-state index contributed by atoms with van der Waals surface area (Å²) in [6.07, 6.45) is 6.24. The number of hydrogen-bond acceptors (Lipinski definition) is 6. The Labute approximate surface area is 274 Å². The Balaban J connectivity index is 1.83. The van der Waals surface area contributed by atoms with Gasteiger partial charge < -0.3 is 24.7 Å². The van der Waals surface area contributed by atoms with Gasteiger partial charge in [-0.1, -0.05) is 32.9 Å². The highest BCUT2D eigenvalue weighted by atomic mass is 32.2. The zero-order chi connectivity index (χ0) is 33.1. The maximum atomic E-state index is 15.0. The van der Waals surface area contributed by atoms with E-state index in [1.165, 1.54) is 0 Å². The molecule has 3 heterocycles. The Bertz CT molecular complexity index is 1250. The van der Waals surface area contributed by atoms with Crippen molar-refractivity contribution >= 4 is 40.9 Å². The predicted molar refractivity (Wildman–Crippen MR) is 186 cm³/mol.